The molecular weight excluding hydrogens is 260 g/mol. The summed E-state index contributed by atoms with van der Waals surface area (Å²) < 4.78 is 0. The van der Waals surface area contributed by atoms with Crippen molar-refractivity contribution in [1.82, 2.24) is 0 Å². The van der Waals surface area contributed by atoms with E-state index in [0.29, 0.717) is 35.2 Å². The predicted octanol–water partition coefficient (Wildman–Crippen LogP) is 4.17. The first-order valence-corrected chi connectivity index (χ1v) is 8.98. The molecule has 4 saturated carbocycles. The van der Waals surface area contributed by atoms with Gasteiger partial charge in [0.2, 0.25) is 0 Å². The highest BCUT2D eigenvalue weighted by Gasteiger charge is 2.60. The molecule has 116 valence electrons. The summed E-state index contributed by atoms with van der Waals surface area (Å²) in [6, 6.07) is 0. The van der Waals surface area contributed by atoms with E-state index in [2.05, 4.69) is 13.8 Å². The molecule has 0 bridgehead atoms. The van der Waals surface area contributed by atoms with Crippen LogP contribution in [0.4, 0.5) is 0 Å². The summed E-state index contributed by atoms with van der Waals surface area (Å²) in [6.07, 6.45) is 9.53. The van der Waals surface area contributed by atoms with E-state index in [0.717, 1.165) is 25.2 Å². The molecule has 0 aromatic heterocycles. The number of carbonyl (C=O) groups excluding carboxylic acids is 2. The molecule has 0 saturated heterocycles. The van der Waals surface area contributed by atoms with Crippen LogP contribution in [0.1, 0.15) is 71.6 Å². The van der Waals surface area contributed by atoms with E-state index < -0.39 is 0 Å². The number of Topliss-reactive ketones (excluding diaryl/α,β-unsaturated/α-hetero) is 2. The SMILES string of the molecule is C[C@@]12CCC[C@H]1[C@@H]1CC[C@H]3CC(=O)CC[C@]3(C)[C@H]1C(=O)C2. The van der Waals surface area contributed by atoms with Gasteiger partial charge in [0.15, 0.2) is 0 Å². The molecule has 21 heavy (non-hydrogen) atoms. The van der Waals surface area contributed by atoms with Gasteiger partial charge in [-0.3, -0.25) is 9.59 Å². The Morgan fingerprint density at radius 2 is 1.86 bits per heavy atom. The Morgan fingerprint density at radius 3 is 2.67 bits per heavy atom. The standard InChI is InChI=1S/C19H28O2/c1-18-8-3-4-15(18)14-6-5-12-10-13(20)7-9-19(12,2)17(14)16(21)11-18/h12,14-15,17H,3-11H2,1-2H3/t12-,14-,15-,17+,18-,19-/m0/s1. The van der Waals surface area contributed by atoms with Crippen LogP contribution in [0, 0.1) is 34.5 Å². The van der Waals surface area contributed by atoms with Gasteiger partial charge in [-0.25, -0.2) is 0 Å². The topological polar surface area (TPSA) is 34.1 Å². The molecule has 6 atom stereocenters. The van der Waals surface area contributed by atoms with Gasteiger partial charge in [0.1, 0.15) is 11.6 Å². The number of hydrogen-bond donors (Lipinski definition) is 0. The average Bonchev–Trinajstić information content (AvgIpc) is 2.80. The molecule has 0 spiro atoms. The molecule has 0 heterocycles. The largest absolute Gasteiger partial charge is 0.300 e. The Morgan fingerprint density at radius 1 is 1.05 bits per heavy atom. The van der Waals surface area contributed by atoms with Crippen molar-refractivity contribution >= 4 is 11.6 Å². The zero-order valence-electron chi connectivity index (χ0n) is 13.5. The summed E-state index contributed by atoms with van der Waals surface area (Å²) in [5, 5.41) is 0. The van der Waals surface area contributed by atoms with E-state index in [-0.39, 0.29) is 11.3 Å². The van der Waals surface area contributed by atoms with E-state index in [1.165, 1.54) is 32.1 Å². The van der Waals surface area contributed by atoms with E-state index in [1.54, 1.807) is 0 Å². The van der Waals surface area contributed by atoms with Gasteiger partial charge >= 0.3 is 0 Å². The van der Waals surface area contributed by atoms with Crippen LogP contribution < -0.4 is 0 Å². The first-order chi connectivity index (χ1) is 9.94. The molecule has 4 fully saturated rings. The van der Waals surface area contributed by atoms with Crippen molar-refractivity contribution < 1.29 is 9.59 Å². The lowest BCUT2D eigenvalue weighted by Gasteiger charge is -2.58. The molecule has 0 unspecified atom stereocenters. The van der Waals surface area contributed by atoms with Gasteiger partial charge < -0.3 is 0 Å². The van der Waals surface area contributed by atoms with Gasteiger partial charge in [0.25, 0.3) is 0 Å². The van der Waals surface area contributed by atoms with E-state index >= 15 is 0 Å². The van der Waals surface area contributed by atoms with Crippen LogP contribution in [0.2, 0.25) is 0 Å². The van der Waals surface area contributed by atoms with Crippen LogP contribution in [0.5, 0.6) is 0 Å². The molecule has 0 aromatic carbocycles. The number of carbonyl (C=O) groups is 2. The van der Waals surface area contributed by atoms with Crippen molar-refractivity contribution in [3.8, 4) is 0 Å². The number of ketones is 2. The van der Waals surface area contributed by atoms with Crippen molar-refractivity contribution in [2.75, 3.05) is 0 Å². The summed E-state index contributed by atoms with van der Waals surface area (Å²) in [7, 11) is 0. The lowest BCUT2D eigenvalue weighted by Crippen LogP contribution is -2.56. The smallest absolute Gasteiger partial charge is 0.137 e. The van der Waals surface area contributed by atoms with Crippen LogP contribution in [-0.4, -0.2) is 11.6 Å². The second kappa shape index (κ2) is 4.43. The normalized spacial score (nSPS) is 53.0. The molecule has 0 aliphatic heterocycles. The first-order valence-electron chi connectivity index (χ1n) is 8.98. The molecule has 0 radical (unpaired) electrons. The van der Waals surface area contributed by atoms with Gasteiger partial charge in [0.05, 0.1) is 0 Å². The summed E-state index contributed by atoms with van der Waals surface area (Å²) in [6.45, 7) is 4.72. The summed E-state index contributed by atoms with van der Waals surface area (Å²) in [4.78, 5) is 24.9. The minimum Gasteiger partial charge on any atom is -0.300 e. The Balaban J connectivity index is 1.70. The van der Waals surface area contributed by atoms with Crippen molar-refractivity contribution in [2.45, 2.75) is 71.6 Å². The Kier molecular flexibility index (Phi) is 2.94. The van der Waals surface area contributed by atoms with Gasteiger partial charge in [-0.2, -0.15) is 0 Å². The van der Waals surface area contributed by atoms with E-state index in [1.807, 2.05) is 0 Å². The molecule has 4 rings (SSSR count). The molecule has 0 N–H and O–H groups in total. The van der Waals surface area contributed by atoms with Crippen molar-refractivity contribution in [3.05, 3.63) is 0 Å². The second-order valence-corrected chi connectivity index (χ2v) is 8.96. The molecule has 4 aliphatic rings. The van der Waals surface area contributed by atoms with Crippen LogP contribution in [0.3, 0.4) is 0 Å². The number of rotatable bonds is 0. The first kappa shape index (κ1) is 14.0. The van der Waals surface area contributed by atoms with Crippen molar-refractivity contribution in [2.24, 2.45) is 34.5 Å². The third-order valence-corrected chi connectivity index (χ3v) is 7.94. The molecule has 0 amide bonds. The van der Waals surface area contributed by atoms with Crippen LogP contribution in [0.15, 0.2) is 0 Å². The highest BCUT2D eigenvalue weighted by molar-refractivity contribution is 5.85. The quantitative estimate of drug-likeness (QED) is 0.670. The minimum absolute atomic E-state index is 0.123. The van der Waals surface area contributed by atoms with Gasteiger partial charge in [-0.15, -0.1) is 0 Å². The van der Waals surface area contributed by atoms with Gasteiger partial charge in [-0.1, -0.05) is 20.3 Å². The Labute approximate surface area is 128 Å². The monoisotopic (exact) mass is 288 g/mol. The summed E-state index contributed by atoms with van der Waals surface area (Å²) >= 11 is 0. The number of fused-ring (bicyclic) bond motifs is 5. The fraction of sp³-hybridized carbons (Fsp3) is 0.895. The van der Waals surface area contributed by atoms with E-state index in [4.69, 9.17) is 0 Å². The maximum Gasteiger partial charge on any atom is 0.137 e. The minimum atomic E-state index is 0.123. The summed E-state index contributed by atoms with van der Waals surface area (Å²) in [5.74, 6) is 3.12. The maximum absolute atomic E-state index is 13.0. The zero-order chi connectivity index (χ0) is 14.8. The third-order valence-electron chi connectivity index (χ3n) is 7.94. The average molecular weight is 288 g/mol. The van der Waals surface area contributed by atoms with Crippen LogP contribution >= 0.6 is 0 Å². The summed E-state index contributed by atoms with van der Waals surface area (Å²) in [5.41, 5.74) is 0.420. The molecular formula is C19H28O2. The van der Waals surface area contributed by atoms with Crippen molar-refractivity contribution in [3.63, 3.8) is 0 Å². The highest BCUT2D eigenvalue weighted by Crippen LogP contribution is 2.64. The zero-order valence-corrected chi connectivity index (χ0v) is 13.5. The Hall–Kier alpha value is -0.660. The lowest BCUT2D eigenvalue weighted by atomic mass is 9.45. The fourth-order valence-corrected chi connectivity index (χ4v) is 6.87. The third kappa shape index (κ3) is 1.83. The predicted molar refractivity (Wildman–Crippen MR) is 81.7 cm³/mol. The maximum atomic E-state index is 13.0. The Bertz CT molecular complexity index is 496. The molecule has 4 aliphatic carbocycles. The van der Waals surface area contributed by atoms with Gasteiger partial charge in [0, 0.05) is 25.2 Å². The molecule has 2 nitrogen and oxygen atoms in total. The highest BCUT2D eigenvalue weighted by atomic mass is 16.1. The van der Waals surface area contributed by atoms with Crippen molar-refractivity contribution in [1.29, 1.82) is 0 Å². The fourth-order valence-electron chi connectivity index (χ4n) is 6.87. The second-order valence-electron chi connectivity index (χ2n) is 8.96. The van der Waals surface area contributed by atoms with Crippen LogP contribution in [0.25, 0.3) is 0 Å². The van der Waals surface area contributed by atoms with Crippen LogP contribution in [-0.2, 0) is 9.59 Å². The van der Waals surface area contributed by atoms with E-state index in [9.17, 15) is 9.59 Å². The lowest BCUT2D eigenvalue weighted by molar-refractivity contribution is -0.158. The van der Waals surface area contributed by atoms with Gasteiger partial charge in [-0.05, 0) is 60.7 Å². The molecule has 0 aromatic rings. The molecule has 2 heteroatoms. The number of hydrogen-bond acceptors (Lipinski definition) is 2.